The van der Waals surface area contributed by atoms with Crippen molar-refractivity contribution in [1.82, 2.24) is 14.7 Å². The van der Waals surface area contributed by atoms with Crippen molar-refractivity contribution >= 4 is 6.03 Å². The summed E-state index contributed by atoms with van der Waals surface area (Å²) in [6.07, 6.45) is 0. The lowest BCUT2D eigenvalue weighted by atomic mass is 10.2. The molecule has 0 spiro atoms. The summed E-state index contributed by atoms with van der Waals surface area (Å²) in [4.78, 5) is 18.6. The van der Waals surface area contributed by atoms with E-state index in [4.69, 9.17) is 4.74 Å². The zero-order valence-corrected chi connectivity index (χ0v) is 10.9. The third-order valence-corrected chi connectivity index (χ3v) is 3.72. The first-order valence-corrected chi connectivity index (χ1v) is 6.58. The van der Waals surface area contributed by atoms with Gasteiger partial charge in [0.15, 0.2) is 0 Å². The van der Waals surface area contributed by atoms with E-state index in [1.807, 2.05) is 9.80 Å². The Kier molecular flexibility index (Phi) is 4.23. The van der Waals surface area contributed by atoms with Crippen LogP contribution in [0.3, 0.4) is 0 Å². The molecule has 0 N–H and O–H groups in total. The minimum absolute atomic E-state index is 0.191. The second kappa shape index (κ2) is 5.69. The van der Waals surface area contributed by atoms with Crippen LogP contribution in [-0.4, -0.2) is 79.3 Å². The topological polar surface area (TPSA) is 36.0 Å². The number of nitrogens with zero attached hydrogens (tertiary/aromatic N) is 3. The molecule has 0 bridgehead atoms. The molecule has 2 fully saturated rings. The van der Waals surface area contributed by atoms with Crippen LogP contribution in [0.4, 0.5) is 4.79 Å². The van der Waals surface area contributed by atoms with Crippen molar-refractivity contribution in [2.75, 3.05) is 52.5 Å². The summed E-state index contributed by atoms with van der Waals surface area (Å²) in [6.45, 7) is 11.0. The minimum atomic E-state index is 0.191. The average Bonchev–Trinajstić information content (AvgIpc) is 2.39. The Labute approximate surface area is 103 Å². The molecule has 0 aromatic carbocycles. The molecule has 2 rings (SSSR count). The Morgan fingerprint density at radius 1 is 1.18 bits per heavy atom. The average molecular weight is 241 g/mol. The molecule has 5 heteroatoms. The van der Waals surface area contributed by atoms with E-state index in [0.29, 0.717) is 19.3 Å². The van der Waals surface area contributed by atoms with Crippen LogP contribution in [-0.2, 0) is 4.74 Å². The van der Waals surface area contributed by atoms with Crippen LogP contribution in [0.1, 0.15) is 13.8 Å². The monoisotopic (exact) mass is 241 g/mol. The highest BCUT2D eigenvalue weighted by molar-refractivity contribution is 5.74. The number of amides is 2. The number of urea groups is 1. The van der Waals surface area contributed by atoms with Crippen molar-refractivity contribution < 1.29 is 9.53 Å². The van der Waals surface area contributed by atoms with E-state index in [-0.39, 0.29) is 6.03 Å². The number of carbonyl (C=O) groups is 1. The number of ether oxygens (including phenoxy) is 1. The minimum Gasteiger partial charge on any atom is -0.378 e. The van der Waals surface area contributed by atoms with Crippen molar-refractivity contribution in [3.8, 4) is 0 Å². The van der Waals surface area contributed by atoms with Gasteiger partial charge in [0.1, 0.15) is 0 Å². The number of carbonyl (C=O) groups excluding carboxylic acids is 1. The van der Waals surface area contributed by atoms with Crippen molar-refractivity contribution in [3.63, 3.8) is 0 Å². The third-order valence-electron chi connectivity index (χ3n) is 3.72. The largest absolute Gasteiger partial charge is 0.378 e. The Balaban J connectivity index is 1.87. The summed E-state index contributed by atoms with van der Waals surface area (Å²) in [7, 11) is 0. The fourth-order valence-corrected chi connectivity index (χ4v) is 2.59. The molecule has 0 aromatic heterocycles. The van der Waals surface area contributed by atoms with Gasteiger partial charge >= 0.3 is 6.03 Å². The fraction of sp³-hybridized carbons (Fsp3) is 0.917. The first kappa shape index (κ1) is 12.6. The van der Waals surface area contributed by atoms with E-state index < -0.39 is 0 Å². The second-order valence-electron chi connectivity index (χ2n) is 4.81. The number of morpholine rings is 1. The van der Waals surface area contributed by atoms with E-state index in [0.717, 1.165) is 39.3 Å². The van der Waals surface area contributed by atoms with Crippen LogP contribution in [0.25, 0.3) is 0 Å². The molecule has 2 aliphatic heterocycles. The van der Waals surface area contributed by atoms with Gasteiger partial charge in [-0.25, -0.2) is 4.79 Å². The summed E-state index contributed by atoms with van der Waals surface area (Å²) in [5, 5.41) is 0. The molecule has 17 heavy (non-hydrogen) atoms. The molecule has 98 valence electrons. The highest BCUT2D eigenvalue weighted by Gasteiger charge is 2.29. The molecule has 1 atom stereocenters. The molecule has 0 radical (unpaired) electrons. The molecule has 0 aromatic rings. The number of rotatable bonds is 1. The predicted molar refractivity (Wildman–Crippen MR) is 66.1 cm³/mol. The summed E-state index contributed by atoms with van der Waals surface area (Å²) in [6, 6.07) is 0.662. The third kappa shape index (κ3) is 2.90. The number of hydrogen-bond donors (Lipinski definition) is 0. The quantitative estimate of drug-likeness (QED) is 0.669. The van der Waals surface area contributed by atoms with Gasteiger partial charge in [0.2, 0.25) is 0 Å². The first-order chi connectivity index (χ1) is 8.22. The highest BCUT2D eigenvalue weighted by Crippen LogP contribution is 2.12. The Hall–Kier alpha value is -0.810. The van der Waals surface area contributed by atoms with Crippen molar-refractivity contribution in [3.05, 3.63) is 0 Å². The van der Waals surface area contributed by atoms with Gasteiger partial charge in [-0.15, -0.1) is 0 Å². The van der Waals surface area contributed by atoms with Crippen LogP contribution < -0.4 is 0 Å². The number of piperazine rings is 1. The van der Waals surface area contributed by atoms with Gasteiger partial charge < -0.3 is 14.5 Å². The van der Waals surface area contributed by atoms with Crippen LogP contribution in [0.2, 0.25) is 0 Å². The molecule has 2 saturated heterocycles. The molecule has 2 amide bonds. The van der Waals surface area contributed by atoms with Gasteiger partial charge in [0.25, 0.3) is 0 Å². The van der Waals surface area contributed by atoms with E-state index in [2.05, 4.69) is 18.7 Å². The Bertz CT molecular complexity index is 266. The Morgan fingerprint density at radius 3 is 2.47 bits per heavy atom. The van der Waals surface area contributed by atoms with Gasteiger partial charge in [-0.1, -0.05) is 6.92 Å². The predicted octanol–water partition coefficient (Wildman–Crippen LogP) is 0.465. The zero-order chi connectivity index (χ0) is 12.3. The molecule has 1 unspecified atom stereocenters. The molecule has 2 heterocycles. The number of hydrogen-bond acceptors (Lipinski definition) is 3. The van der Waals surface area contributed by atoms with Crippen molar-refractivity contribution in [1.29, 1.82) is 0 Å². The van der Waals surface area contributed by atoms with E-state index in [1.165, 1.54) is 0 Å². The van der Waals surface area contributed by atoms with E-state index in [1.54, 1.807) is 0 Å². The van der Waals surface area contributed by atoms with Crippen LogP contribution >= 0.6 is 0 Å². The van der Waals surface area contributed by atoms with Gasteiger partial charge in [-0.05, 0) is 13.5 Å². The smallest absolute Gasteiger partial charge is 0.320 e. The normalized spacial score (nSPS) is 27.3. The summed E-state index contributed by atoms with van der Waals surface area (Å²) < 4.78 is 5.27. The second-order valence-corrected chi connectivity index (χ2v) is 4.81. The molecule has 0 saturated carbocycles. The van der Waals surface area contributed by atoms with Gasteiger partial charge in [-0.2, -0.15) is 0 Å². The summed E-state index contributed by atoms with van der Waals surface area (Å²) >= 11 is 0. The first-order valence-electron chi connectivity index (χ1n) is 6.58. The lowest BCUT2D eigenvalue weighted by molar-refractivity contribution is 0.0322. The highest BCUT2D eigenvalue weighted by atomic mass is 16.5. The van der Waals surface area contributed by atoms with Crippen LogP contribution in [0.5, 0.6) is 0 Å². The van der Waals surface area contributed by atoms with Crippen LogP contribution in [0.15, 0.2) is 0 Å². The summed E-state index contributed by atoms with van der Waals surface area (Å²) in [5.41, 5.74) is 0. The van der Waals surface area contributed by atoms with E-state index >= 15 is 0 Å². The van der Waals surface area contributed by atoms with Gasteiger partial charge in [-0.3, -0.25) is 4.90 Å². The molecular formula is C12H23N3O2. The molecule has 5 nitrogen and oxygen atoms in total. The van der Waals surface area contributed by atoms with E-state index in [9.17, 15) is 4.79 Å². The lowest BCUT2D eigenvalue weighted by Gasteiger charge is -2.41. The van der Waals surface area contributed by atoms with Gasteiger partial charge in [0, 0.05) is 38.8 Å². The molecule has 2 aliphatic rings. The standard InChI is InChI=1S/C12H23N3O2/c1-3-13-4-5-15(10-11(13)2)12(16)14-6-8-17-9-7-14/h11H,3-10H2,1-2H3. The van der Waals surface area contributed by atoms with Gasteiger partial charge in [0.05, 0.1) is 13.2 Å². The fourth-order valence-electron chi connectivity index (χ4n) is 2.59. The Morgan fingerprint density at radius 2 is 1.88 bits per heavy atom. The number of likely N-dealkylation sites (N-methyl/N-ethyl adjacent to an activating group) is 1. The lowest BCUT2D eigenvalue weighted by Crippen LogP contribution is -2.57. The maximum absolute atomic E-state index is 12.3. The molecule has 0 aliphatic carbocycles. The summed E-state index contributed by atoms with van der Waals surface area (Å²) in [5.74, 6) is 0. The maximum Gasteiger partial charge on any atom is 0.320 e. The maximum atomic E-state index is 12.3. The molecular weight excluding hydrogens is 218 g/mol. The van der Waals surface area contributed by atoms with Crippen molar-refractivity contribution in [2.24, 2.45) is 0 Å². The zero-order valence-electron chi connectivity index (χ0n) is 10.9. The van der Waals surface area contributed by atoms with Crippen molar-refractivity contribution in [2.45, 2.75) is 19.9 Å². The van der Waals surface area contributed by atoms with Crippen LogP contribution in [0, 0.1) is 0 Å². The SMILES string of the molecule is CCN1CCN(C(=O)N2CCOCC2)CC1C.